The number of sulfonamides is 1. The van der Waals surface area contributed by atoms with Gasteiger partial charge >= 0.3 is 0 Å². The van der Waals surface area contributed by atoms with Gasteiger partial charge in [0.2, 0.25) is 10.0 Å². The first-order valence-corrected chi connectivity index (χ1v) is 11.3. The zero-order chi connectivity index (χ0) is 19.4. The zero-order valence-electron chi connectivity index (χ0n) is 15.2. The van der Waals surface area contributed by atoms with Crippen LogP contribution in [0.3, 0.4) is 0 Å². The Hall–Kier alpha value is -1.42. The molecular formula is C18H23F2N3O2S2. The van der Waals surface area contributed by atoms with E-state index in [-0.39, 0.29) is 13.1 Å². The van der Waals surface area contributed by atoms with Crippen LogP contribution in [0, 0.1) is 11.6 Å². The Bertz CT molecular complexity index is 858. The van der Waals surface area contributed by atoms with Crippen molar-refractivity contribution in [2.75, 3.05) is 26.2 Å². The normalized spacial score (nSPS) is 16.7. The molecule has 1 fully saturated rings. The van der Waals surface area contributed by atoms with Crippen LogP contribution < -0.4 is 0 Å². The van der Waals surface area contributed by atoms with Gasteiger partial charge in [-0.3, -0.25) is 4.90 Å². The van der Waals surface area contributed by atoms with Gasteiger partial charge in [-0.15, -0.1) is 11.3 Å². The maximum atomic E-state index is 13.9. The summed E-state index contributed by atoms with van der Waals surface area (Å²) in [6.07, 6.45) is 3.24. The number of hydrogen-bond acceptors (Lipinski definition) is 5. The zero-order valence-corrected chi connectivity index (χ0v) is 16.8. The van der Waals surface area contributed by atoms with Gasteiger partial charge in [0.15, 0.2) is 4.90 Å². The summed E-state index contributed by atoms with van der Waals surface area (Å²) in [5, 5.41) is 3.17. The van der Waals surface area contributed by atoms with Crippen molar-refractivity contribution in [3.63, 3.8) is 0 Å². The van der Waals surface area contributed by atoms with Crippen molar-refractivity contribution >= 4 is 21.4 Å². The molecule has 148 valence electrons. The molecule has 0 unspecified atom stereocenters. The third-order valence-electron chi connectivity index (χ3n) is 4.58. The number of benzene rings is 1. The van der Waals surface area contributed by atoms with Gasteiger partial charge in [0.1, 0.15) is 11.6 Å². The number of rotatable bonds is 7. The number of halogens is 2. The Morgan fingerprint density at radius 2 is 1.81 bits per heavy atom. The molecule has 3 rings (SSSR count). The third kappa shape index (κ3) is 4.71. The SMILES string of the molecule is CCCCc1nc(CN2CCN(S(=O)(=O)c3c(F)cccc3F)CC2)cs1. The summed E-state index contributed by atoms with van der Waals surface area (Å²) in [7, 11) is -4.18. The second kappa shape index (κ2) is 8.72. The molecule has 1 aromatic heterocycles. The average Bonchev–Trinajstić information content (AvgIpc) is 3.07. The highest BCUT2D eigenvalue weighted by Crippen LogP contribution is 2.24. The van der Waals surface area contributed by atoms with E-state index in [1.54, 1.807) is 11.3 Å². The van der Waals surface area contributed by atoms with Crippen LogP contribution in [-0.4, -0.2) is 48.8 Å². The largest absolute Gasteiger partial charge is 0.295 e. The number of nitrogens with zero attached hydrogens (tertiary/aromatic N) is 3. The molecular weight excluding hydrogens is 392 g/mol. The van der Waals surface area contributed by atoms with Gasteiger partial charge in [-0.2, -0.15) is 4.31 Å². The van der Waals surface area contributed by atoms with Gasteiger partial charge in [-0.1, -0.05) is 19.4 Å². The summed E-state index contributed by atoms with van der Waals surface area (Å²) in [6, 6.07) is 3.08. The molecule has 1 aliphatic rings. The van der Waals surface area contributed by atoms with Crippen LogP contribution in [0.15, 0.2) is 28.5 Å². The van der Waals surface area contributed by atoms with Crippen molar-refractivity contribution < 1.29 is 17.2 Å². The second-order valence-electron chi connectivity index (χ2n) is 6.57. The predicted molar refractivity (Wildman–Crippen MR) is 101 cm³/mol. The first-order chi connectivity index (χ1) is 12.9. The van der Waals surface area contributed by atoms with E-state index >= 15 is 0 Å². The molecule has 0 aliphatic carbocycles. The highest BCUT2D eigenvalue weighted by Gasteiger charge is 2.33. The van der Waals surface area contributed by atoms with Crippen LogP contribution in [-0.2, 0) is 23.0 Å². The van der Waals surface area contributed by atoms with E-state index in [0.29, 0.717) is 19.6 Å². The van der Waals surface area contributed by atoms with Crippen molar-refractivity contribution in [2.45, 2.75) is 37.6 Å². The van der Waals surface area contributed by atoms with E-state index in [1.165, 1.54) is 0 Å². The minimum atomic E-state index is -4.18. The number of piperazine rings is 1. The summed E-state index contributed by atoms with van der Waals surface area (Å²) in [5.74, 6) is -2.11. The van der Waals surface area contributed by atoms with Crippen molar-refractivity contribution in [3.8, 4) is 0 Å². The first-order valence-electron chi connectivity index (χ1n) is 9.01. The van der Waals surface area contributed by atoms with Gasteiger partial charge < -0.3 is 0 Å². The number of hydrogen-bond donors (Lipinski definition) is 0. The molecule has 0 N–H and O–H groups in total. The van der Waals surface area contributed by atoms with Crippen LogP contribution >= 0.6 is 11.3 Å². The summed E-state index contributed by atoms with van der Waals surface area (Å²) in [6.45, 7) is 4.19. The molecule has 27 heavy (non-hydrogen) atoms. The van der Waals surface area contributed by atoms with E-state index < -0.39 is 26.6 Å². The second-order valence-corrected chi connectivity index (χ2v) is 9.38. The lowest BCUT2D eigenvalue weighted by molar-refractivity contribution is 0.179. The van der Waals surface area contributed by atoms with Crippen molar-refractivity contribution in [2.24, 2.45) is 0 Å². The molecule has 0 spiro atoms. The summed E-state index contributed by atoms with van der Waals surface area (Å²) in [5.41, 5.74) is 0.988. The Morgan fingerprint density at radius 1 is 1.15 bits per heavy atom. The number of aryl methyl sites for hydroxylation is 1. The molecule has 0 amide bonds. The van der Waals surface area contributed by atoms with Gasteiger partial charge in [-0.05, 0) is 25.0 Å². The Labute approximate surface area is 162 Å². The fourth-order valence-electron chi connectivity index (χ4n) is 3.08. The van der Waals surface area contributed by atoms with Crippen molar-refractivity contribution in [3.05, 3.63) is 45.9 Å². The third-order valence-corrected chi connectivity index (χ3v) is 7.49. The van der Waals surface area contributed by atoms with E-state index in [4.69, 9.17) is 0 Å². The standard InChI is InChI=1S/C18H23F2N3O2S2/c1-2-3-7-17-21-14(13-26-17)12-22-8-10-23(11-9-22)27(24,25)18-15(19)5-4-6-16(18)20/h4-6,13H,2-3,7-12H2,1H3. The molecule has 2 heterocycles. The number of aromatic nitrogens is 1. The van der Waals surface area contributed by atoms with Crippen molar-refractivity contribution in [1.82, 2.24) is 14.2 Å². The molecule has 1 aromatic carbocycles. The fourth-order valence-corrected chi connectivity index (χ4v) is 5.44. The molecule has 2 aromatic rings. The lowest BCUT2D eigenvalue weighted by Gasteiger charge is -2.33. The van der Waals surface area contributed by atoms with Gasteiger partial charge in [0, 0.05) is 38.1 Å². The molecule has 1 aliphatic heterocycles. The van der Waals surface area contributed by atoms with E-state index in [1.807, 2.05) is 5.38 Å². The maximum absolute atomic E-state index is 13.9. The van der Waals surface area contributed by atoms with Gasteiger partial charge in [-0.25, -0.2) is 22.2 Å². The Balaban J connectivity index is 1.61. The number of unbranched alkanes of at least 4 members (excludes halogenated alkanes) is 1. The first kappa shape index (κ1) is 20.3. The molecule has 0 radical (unpaired) electrons. The van der Waals surface area contributed by atoms with Gasteiger partial charge in [0.25, 0.3) is 0 Å². The molecule has 1 saturated heterocycles. The average molecular weight is 416 g/mol. The molecule has 9 heteroatoms. The Kier molecular flexibility index (Phi) is 6.56. The lowest BCUT2D eigenvalue weighted by atomic mass is 10.3. The molecule has 0 saturated carbocycles. The summed E-state index contributed by atoms with van der Waals surface area (Å²) >= 11 is 1.66. The van der Waals surface area contributed by atoms with Crippen LogP contribution in [0.5, 0.6) is 0 Å². The topological polar surface area (TPSA) is 53.5 Å². The molecule has 0 atom stereocenters. The molecule has 5 nitrogen and oxygen atoms in total. The van der Waals surface area contributed by atoms with Crippen LogP contribution in [0.4, 0.5) is 8.78 Å². The number of thiazole rings is 1. The monoisotopic (exact) mass is 415 g/mol. The highest BCUT2D eigenvalue weighted by atomic mass is 32.2. The minimum absolute atomic E-state index is 0.197. The molecule has 0 bridgehead atoms. The van der Waals surface area contributed by atoms with E-state index in [0.717, 1.165) is 52.5 Å². The van der Waals surface area contributed by atoms with Crippen LogP contribution in [0.25, 0.3) is 0 Å². The summed E-state index contributed by atoms with van der Waals surface area (Å²) in [4.78, 5) is 5.88. The highest BCUT2D eigenvalue weighted by molar-refractivity contribution is 7.89. The summed E-state index contributed by atoms with van der Waals surface area (Å²) < 4.78 is 54.2. The maximum Gasteiger partial charge on any atom is 0.249 e. The van der Waals surface area contributed by atoms with Gasteiger partial charge in [0.05, 0.1) is 10.7 Å². The minimum Gasteiger partial charge on any atom is -0.295 e. The smallest absolute Gasteiger partial charge is 0.249 e. The van der Waals surface area contributed by atoms with Crippen LogP contribution in [0.1, 0.15) is 30.5 Å². The quantitative estimate of drug-likeness (QED) is 0.697. The van der Waals surface area contributed by atoms with E-state index in [2.05, 4.69) is 16.8 Å². The van der Waals surface area contributed by atoms with Crippen LogP contribution in [0.2, 0.25) is 0 Å². The predicted octanol–water partition coefficient (Wildman–Crippen LogP) is 3.27. The lowest BCUT2D eigenvalue weighted by Crippen LogP contribution is -2.48. The fraction of sp³-hybridized carbons (Fsp3) is 0.500. The van der Waals surface area contributed by atoms with Crippen molar-refractivity contribution in [1.29, 1.82) is 0 Å². The Morgan fingerprint density at radius 3 is 2.44 bits per heavy atom. The van der Waals surface area contributed by atoms with E-state index in [9.17, 15) is 17.2 Å².